The topological polar surface area (TPSA) is 28.2 Å². The number of aromatic nitrogens is 1. The van der Waals surface area contributed by atoms with Crippen molar-refractivity contribution in [2.75, 3.05) is 31.5 Å². The van der Waals surface area contributed by atoms with Crippen molar-refractivity contribution in [3.63, 3.8) is 0 Å². The molecule has 1 aromatic carbocycles. The highest BCUT2D eigenvalue weighted by Gasteiger charge is 2.12. The Morgan fingerprint density at radius 1 is 1.17 bits per heavy atom. The van der Waals surface area contributed by atoms with Gasteiger partial charge in [0.05, 0.1) is 0 Å². The lowest BCUT2D eigenvalue weighted by Gasteiger charge is -2.17. The quantitative estimate of drug-likeness (QED) is 0.880. The summed E-state index contributed by atoms with van der Waals surface area (Å²) in [7, 11) is 0. The lowest BCUT2D eigenvalue weighted by atomic mass is 10.00. The third-order valence-electron chi connectivity index (χ3n) is 4.24. The van der Waals surface area contributed by atoms with Crippen molar-refractivity contribution < 1.29 is 4.39 Å². The average molecular weight is 311 g/mol. The number of anilines is 1. The second kappa shape index (κ2) is 7.38. The van der Waals surface area contributed by atoms with Crippen LogP contribution in [0.2, 0.25) is 0 Å². The molecule has 1 aromatic heterocycles. The Morgan fingerprint density at radius 3 is 2.65 bits per heavy atom. The first kappa shape index (κ1) is 15.7. The molecule has 3 rings (SSSR count). The molecular weight excluding hydrogens is 289 g/mol. The number of hydrogen-bond acceptors (Lipinski definition) is 3. The van der Waals surface area contributed by atoms with Crippen LogP contribution in [0.3, 0.4) is 0 Å². The van der Waals surface area contributed by atoms with Crippen LogP contribution < -0.4 is 5.32 Å². The molecule has 0 amide bonds. The van der Waals surface area contributed by atoms with E-state index in [1.807, 2.05) is 12.1 Å². The molecule has 3 nitrogen and oxygen atoms in total. The largest absolute Gasteiger partial charge is 0.368 e. The zero-order valence-electron chi connectivity index (χ0n) is 13.3. The minimum Gasteiger partial charge on any atom is -0.368 e. The number of hydrogen-bond donors (Lipinski definition) is 1. The molecule has 0 radical (unpaired) electrons. The first-order valence-electron chi connectivity index (χ1n) is 8.10. The van der Waals surface area contributed by atoms with Crippen LogP contribution in [0.5, 0.6) is 0 Å². The Hall–Kier alpha value is -2.20. The Labute approximate surface area is 136 Å². The Balaban J connectivity index is 1.69. The van der Waals surface area contributed by atoms with Crippen LogP contribution in [0.25, 0.3) is 5.57 Å². The molecule has 2 aromatic rings. The summed E-state index contributed by atoms with van der Waals surface area (Å²) >= 11 is 0. The fourth-order valence-corrected chi connectivity index (χ4v) is 2.93. The van der Waals surface area contributed by atoms with E-state index in [0.29, 0.717) is 0 Å². The highest BCUT2D eigenvalue weighted by molar-refractivity contribution is 5.83. The molecule has 4 heteroatoms. The van der Waals surface area contributed by atoms with Gasteiger partial charge in [0.1, 0.15) is 11.6 Å². The van der Waals surface area contributed by atoms with Gasteiger partial charge >= 0.3 is 0 Å². The van der Waals surface area contributed by atoms with Crippen molar-refractivity contribution in [3.8, 4) is 0 Å². The van der Waals surface area contributed by atoms with Crippen LogP contribution in [0.1, 0.15) is 24.0 Å². The Bertz CT molecular complexity index is 661. The molecule has 1 N–H and O–H groups in total. The molecular formula is C19H22FN3. The molecule has 23 heavy (non-hydrogen) atoms. The molecule has 1 aliphatic heterocycles. The van der Waals surface area contributed by atoms with Gasteiger partial charge in [0, 0.05) is 24.8 Å². The van der Waals surface area contributed by atoms with Crippen molar-refractivity contribution >= 4 is 11.4 Å². The van der Waals surface area contributed by atoms with Crippen molar-refractivity contribution in [1.82, 2.24) is 9.88 Å². The van der Waals surface area contributed by atoms with E-state index in [4.69, 9.17) is 0 Å². The van der Waals surface area contributed by atoms with Crippen LogP contribution in [0, 0.1) is 5.82 Å². The number of benzene rings is 1. The van der Waals surface area contributed by atoms with E-state index >= 15 is 0 Å². The maximum Gasteiger partial charge on any atom is 0.133 e. The van der Waals surface area contributed by atoms with Crippen LogP contribution >= 0.6 is 0 Å². The standard InChI is InChI=1S/C19H22FN3/c1-15(16-6-8-17(20)9-7-16)18-5-4-10-21-19(18)22-11-14-23-12-2-3-13-23/h4-10H,1-3,11-14H2,(H,21,22). The Kier molecular flexibility index (Phi) is 5.03. The second-order valence-electron chi connectivity index (χ2n) is 5.86. The first-order chi connectivity index (χ1) is 11.2. The molecule has 1 saturated heterocycles. The monoisotopic (exact) mass is 311 g/mol. The van der Waals surface area contributed by atoms with Gasteiger partial charge in [-0.25, -0.2) is 9.37 Å². The predicted octanol–water partition coefficient (Wildman–Crippen LogP) is 3.79. The van der Waals surface area contributed by atoms with Gasteiger partial charge in [0.25, 0.3) is 0 Å². The molecule has 0 unspecified atom stereocenters. The summed E-state index contributed by atoms with van der Waals surface area (Å²) in [5.74, 6) is 0.595. The number of pyridine rings is 1. The van der Waals surface area contributed by atoms with E-state index in [0.717, 1.165) is 35.6 Å². The van der Waals surface area contributed by atoms with E-state index in [9.17, 15) is 4.39 Å². The normalized spacial score (nSPS) is 14.8. The molecule has 0 saturated carbocycles. The number of halogens is 1. The summed E-state index contributed by atoms with van der Waals surface area (Å²) in [6, 6.07) is 10.3. The van der Waals surface area contributed by atoms with Crippen molar-refractivity contribution in [2.24, 2.45) is 0 Å². The summed E-state index contributed by atoms with van der Waals surface area (Å²) in [6.45, 7) is 8.43. The van der Waals surface area contributed by atoms with Gasteiger partial charge in [0.15, 0.2) is 0 Å². The summed E-state index contributed by atoms with van der Waals surface area (Å²) < 4.78 is 13.1. The first-order valence-corrected chi connectivity index (χ1v) is 8.10. The van der Waals surface area contributed by atoms with Crippen LogP contribution in [-0.4, -0.2) is 36.1 Å². The molecule has 1 fully saturated rings. The predicted molar refractivity (Wildman–Crippen MR) is 92.9 cm³/mol. The van der Waals surface area contributed by atoms with Gasteiger partial charge in [0.2, 0.25) is 0 Å². The maximum atomic E-state index is 13.1. The van der Waals surface area contributed by atoms with E-state index in [-0.39, 0.29) is 5.82 Å². The number of nitrogens with one attached hydrogen (secondary N) is 1. The molecule has 0 bridgehead atoms. The van der Waals surface area contributed by atoms with E-state index < -0.39 is 0 Å². The van der Waals surface area contributed by atoms with Gasteiger partial charge in [-0.05, 0) is 61.3 Å². The lowest BCUT2D eigenvalue weighted by Crippen LogP contribution is -2.26. The smallest absolute Gasteiger partial charge is 0.133 e. The van der Waals surface area contributed by atoms with Crippen LogP contribution in [0.15, 0.2) is 49.2 Å². The third-order valence-corrected chi connectivity index (χ3v) is 4.24. The zero-order chi connectivity index (χ0) is 16.1. The van der Waals surface area contributed by atoms with E-state index in [2.05, 4.69) is 21.8 Å². The molecule has 1 aliphatic rings. The van der Waals surface area contributed by atoms with Gasteiger partial charge in [-0.1, -0.05) is 18.7 Å². The minimum atomic E-state index is -0.239. The van der Waals surface area contributed by atoms with Crippen molar-refractivity contribution in [3.05, 3.63) is 66.1 Å². The molecule has 0 aliphatic carbocycles. The van der Waals surface area contributed by atoms with Crippen molar-refractivity contribution in [1.29, 1.82) is 0 Å². The van der Waals surface area contributed by atoms with E-state index in [1.54, 1.807) is 18.3 Å². The van der Waals surface area contributed by atoms with Gasteiger partial charge in [-0.2, -0.15) is 0 Å². The second-order valence-corrected chi connectivity index (χ2v) is 5.86. The summed E-state index contributed by atoms with van der Waals surface area (Å²) in [6.07, 6.45) is 4.38. The highest BCUT2D eigenvalue weighted by atomic mass is 19.1. The molecule has 2 heterocycles. The van der Waals surface area contributed by atoms with Crippen LogP contribution in [-0.2, 0) is 0 Å². The molecule has 0 spiro atoms. The lowest BCUT2D eigenvalue weighted by molar-refractivity contribution is 0.352. The van der Waals surface area contributed by atoms with E-state index in [1.165, 1.54) is 38.1 Å². The number of likely N-dealkylation sites (tertiary alicyclic amines) is 1. The number of nitrogens with zero attached hydrogens (tertiary/aromatic N) is 2. The van der Waals surface area contributed by atoms with Gasteiger partial charge in [-0.15, -0.1) is 0 Å². The van der Waals surface area contributed by atoms with Crippen LogP contribution in [0.4, 0.5) is 10.2 Å². The molecule has 0 atom stereocenters. The fraction of sp³-hybridized carbons (Fsp3) is 0.316. The van der Waals surface area contributed by atoms with Crippen molar-refractivity contribution in [2.45, 2.75) is 12.8 Å². The summed E-state index contributed by atoms with van der Waals surface area (Å²) in [5, 5.41) is 3.41. The van der Waals surface area contributed by atoms with Gasteiger partial charge < -0.3 is 10.2 Å². The minimum absolute atomic E-state index is 0.239. The van der Waals surface area contributed by atoms with Gasteiger partial charge in [-0.3, -0.25) is 0 Å². The number of rotatable bonds is 6. The molecule has 120 valence electrons. The summed E-state index contributed by atoms with van der Waals surface area (Å²) in [4.78, 5) is 6.91. The SMILES string of the molecule is C=C(c1ccc(F)cc1)c1cccnc1NCCN1CCCC1. The highest BCUT2D eigenvalue weighted by Crippen LogP contribution is 2.26. The third kappa shape index (κ3) is 3.96. The Morgan fingerprint density at radius 2 is 1.91 bits per heavy atom. The summed E-state index contributed by atoms with van der Waals surface area (Å²) in [5.41, 5.74) is 2.71. The zero-order valence-corrected chi connectivity index (χ0v) is 13.3. The fourth-order valence-electron chi connectivity index (χ4n) is 2.93. The average Bonchev–Trinajstić information content (AvgIpc) is 3.09. The maximum absolute atomic E-state index is 13.1.